The number of para-hydroxylation sites is 1. The van der Waals surface area contributed by atoms with Crippen LogP contribution in [0.15, 0.2) is 76.6 Å². The third-order valence-electron chi connectivity index (χ3n) is 4.80. The summed E-state index contributed by atoms with van der Waals surface area (Å²) >= 11 is 0. The first-order valence-electron chi connectivity index (χ1n) is 9.58. The predicted octanol–water partition coefficient (Wildman–Crippen LogP) is 3.97. The second-order valence-corrected chi connectivity index (χ2v) is 6.64. The van der Waals surface area contributed by atoms with E-state index in [9.17, 15) is 4.79 Å². The summed E-state index contributed by atoms with van der Waals surface area (Å²) in [6.07, 6.45) is 1.56. The Hall–Kier alpha value is -4.13. The van der Waals surface area contributed by atoms with Gasteiger partial charge in [0.2, 0.25) is 5.75 Å². The van der Waals surface area contributed by atoms with Crippen LogP contribution in [-0.4, -0.2) is 37.2 Å². The van der Waals surface area contributed by atoms with Crippen LogP contribution in [0.1, 0.15) is 5.56 Å². The van der Waals surface area contributed by atoms with E-state index in [4.69, 9.17) is 19.2 Å². The molecular formula is C24H21N3O4. The zero-order chi connectivity index (χ0) is 21.8. The van der Waals surface area contributed by atoms with E-state index in [1.807, 2.05) is 42.5 Å². The van der Waals surface area contributed by atoms with Crippen molar-refractivity contribution in [2.45, 2.75) is 0 Å². The van der Waals surface area contributed by atoms with Crippen molar-refractivity contribution in [1.82, 2.24) is 9.66 Å². The molecular weight excluding hydrogens is 394 g/mol. The molecule has 0 spiro atoms. The standard InChI is InChI=1S/C24H21N3O4/c1-29-20-13-16(14-21(30-2)22(20)31-3)15-25-27-23(17-9-5-4-6-10-17)26-19-12-8-7-11-18(19)24(27)28/h4-15H,1-3H3. The number of aromatic nitrogens is 2. The van der Waals surface area contributed by atoms with Crippen LogP contribution in [0.3, 0.4) is 0 Å². The first-order valence-corrected chi connectivity index (χ1v) is 9.58. The smallest absolute Gasteiger partial charge is 0.282 e. The summed E-state index contributed by atoms with van der Waals surface area (Å²) in [5.41, 5.74) is 1.82. The number of hydrogen-bond acceptors (Lipinski definition) is 6. The number of nitrogens with zero attached hydrogens (tertiary/aromatic N) is 3. The maximum Gasteiger partial charge on any atom is 0.282 e. The average Bonchev–Trinajstić information content (AvgIpc) is 2.83. The molecule has 0 amide bonds. The van der Waals surface area contributed by atoms with Gasteiger partial charge in [0.1, 0.15) is 0 Å². The van der Waals surface area contributed by atoms with Crippen molar-refractivity contribution in [1.29, 1.82) is 0 Å². The lowest BCUT2D eigenvalue weighted by atomic mass is 10.2. The van der Waals surface area contributed by atoms with E-state index in [0.717, 1.165) is 5.56 Å². The summed E-state index contributed by atoms with van der Waals surface area (Å²) in [6, 6.07) is 20.2. The van der Waals surface area contributed by atoms with Gasteiger partial charge in [0.05, 0.1) is 38.4 Å². The van der Waals surface area contributed by atoms with Crippen molar-refractivity contribution >= 4 is 17.1 Å². The van der Waals surface area contributed by atoms with Crippen molar-refractivity contribution in [2.75, 3.05) is 21.3 Å². The largest absolute Gasteiger partial charge is 0.493 e. The van der Waals surface area contributed by atoms with Crippen molar-refractivity contribution in [3.05, 3.63) is 82.6 Å². The van der Waals surface area contributed by atoms with Crippen molar-refractivity contribution in [2.24, 2.45) is 5.10 Å². The topological polar surface area (TPSA) is 74.9 Å². The maximum absolute atomic E-state index is 13.2. The molecule has 0 saturated heterocycles. The van der Waals surface area contributed by atoms with E-state index in [-0.39, 0.29) is 5.56 Å². The molecule has 1 aromatic heterocycles. The van der Waals surface area contributed by atoms with E-state index in [1.54, 1.807) is 51.8 Å². The van der Waals surface area contributed by atoms with Crippen LogP contribution in [0.2, 0.25) is 0 Å². The molecule has 0 aliphatic rings. The highest BCUT2D eigenvalue weighted by Crippen LogP contribution is 2.37. The van der Waals surface area contributed by atoms with Crippen LogP contribution >= 0.6 is 0 Å². The van der Waals surface area contributed by atoms with Gasteiger partial charge in [0.15, 0.2) is 17.3 Å². The fourth-order valence-electron chi connectivity index (χ4n) is 3.31. The fourth-order valence-corrected chi connectivity index (χ4v) is 3.31. The highest BCUT2D eigenvalue weighted by molar-refractivity contribution is 5.83. The Morgan fingerprint density at radius 3 is 2.16 bits per heavy atom. The van der Waals surface area contributed by atoms with Crippen LogP contribution in [0.25, 0.3) is 22.3 Å². The summed E-state index contributed by atoms with van der Waals surface area (Å²) in [7, 11) is 4.63. The van der Waals surface area contributed by atoms with Gasteiger partial charge in [-0.1, -0.05) is 42.5 Å². The predicted molar refractivity (Wildman–Crippen MR) is 121 cm³/mol. The Labute approximate surface area is 179 Å². The van der Waals surface area contributed by atoms with Crippen molar-refractivity contribution in [3.8, 4) is 28.6 Å². The molecule has 0 fully saturated rings. The highest BCUT2D eigenvalue weighted by atomic mass is 16.5. The van der Waals surface area contributed by atoms with Gasteiger partial charge in [0, 0.05) is 11.1 Å². The van der Waals surface area contributed by atoms with Crippen LogP contribution in [-0.2, 0) is 0 Å². The molecule has 0 N–H and O–H groups in total. The summed E-state index contributed by atoms with van der Waals surface area (Å²) in [5, 5.41) is 4.96. The molecule has 7 nitrogen and oxygen atoms in total. The second kappa shape index (κ2) is 8.71. The lowest BCUT2D eigenvalue weighted by molar-refractivity contribution is 0.324. The Morgan fingerprint density at radius 2 is 1.52 bits per heavy atom. The van der Waals surface area contributed by atoms with E-state index >= 15 is 0 Å². The average molecular weight is 415 g/mol. The molecule has 0 atom stereocenters. The lowest BCUT2D eigenvalue weighted by Gasteiger charge is -2.13. The number of benzene rings is 3. The zero-order valence-corrected chi connectivity index (χ0v) is 17.4. The monoisotopic (exact) mass is 415 g/mol. The summed E-state index contributed by atoms with van der Waals surface area (Å²) in [4.78, 5) is 17.9. The van der Waals surface area contributed by atoms with Crippen LogP contribution < -0.4 is 19.8 Å². The van der Waals surface area contributed by atoms with Gasteiger partial charge < -0.3 is 14.2 Å². The minimum absolute atomic E-state index is 0.256. The Kier molecular flexibility index (Phi) is 5.66. The van der Waals surface area contributed by atoms with Gasteiger partial charge >= 0.3 is 0 Å². The van der Waals surface area contributed by atoms with E-state index < -0.39 is 0 Å². The first kappa shape index (κ1) is 20.2. The molecule has 0 aliphatic carbocycles. The zero-order valence-electron chi connectivity index (χ0n) is 17.4. The van der Waals surface area contributed by atoms with Gasteiger partial charge in [-0.2, -0.15) is 9.78 Å². The molecule has 3 aromatic carbocycles. The van der Waals surface area contributed by atoms with Gasteiger partial charge in [0.25, 0.3) is 5.56 Å². The minimum Gasteiger partial charge on any atom is -0.493 e. The number of ether oxygens (including phenoxy) is 3. The molecule has 31 heavy (non-hydrogen) atoms. The molecule has 0 aliphatic heterocycles. The summed E-state index contributed by atoms with van der Waals surface area (Å²) in [5.74, 6) is 1.93. The van der Waals surface area contributed by atoms with Crippen LogP contribution in [0.4, 0.5) is 0 Å². The van der Waals surface area contributed by atoms with E-state index in [2.05, 4.69) is 5.10 Å². The number of rotatable bonds is 6. The third kappa shape index (κ3) is 3.85. The quantitative estimate of drug-likeness (QED) is 0.446. The molecule has 4 rings (SSSR count). The molecule has 0 saturated carbocycles. The normalized spacial score (nSPS) is 11.1. The number of methoxy groups -OCH3 is 3. The van der Waals surface area contributed by atoms with Crippen LogP contribution in [0, 0.1) is 0 Å². The number of fused-ring (bicyclic) bond motifs is 1. The van der Waals surface area contributed by atoms with Gasteiger partial charge in [-0.15, -0.1) is 0 Å². The Morgan fingerprint density at radius 1 is 0.871 bits per heavy atom. The maximum atomic E-state index is 13.2. The van der Waals surface area contributed by atoms with Crippen molar-refractivity contribution < 1.29 is 14.2 Å². The van der Waals surface area contributed by atoms with E-state index in [1.165, 1.54) is 4.68 Å². The van der Waals surface area contributed by atoms with Gasteiger partial charge in [-0.05, 0) is 24.3 Å². The minimum atomic E-state index is -0.256. The third-order valence-corrected chi connectivity index (χ3v) is 4.80. The number of hydrogen-bond donors (Lipinski definition) is 0. The summed E-state index contributed by atoms with van der Waals surface area (Å²) < 4.78 is 17.5. The molecule has 4 aromatic rings. The Bertz CT molecular complexity index is 1290. The second-order valence-electron chi connectivity index (χ2n) is 6.64. The van der Waals surface area contributed by atoms with Gasteiger partial charge in [-0.3, -0.25) is 4.79 Å². The van der Waals surface area contributed by atoms with Gasteiger partial charge in [-0.25, -0.2) is 4.98 Å². The molecule has 1 heterocycles. The molecule has 156 valence electrons. The molecule has 7 heteroatoms. The molecule has 0 unspecified atom stereocenters. The molecule has 0 bridgehead atoms. The lowest BCUT2D eigenvalue weighted by Crippen LogP contribution is -2.20. The Balaban J connectivity index is 1.90. The summed E-state index contributed by atoms with van der Waals surface area (Å²) in [6.45, 7) is 0. The van der Waals surface area contributed by atoms with Crippen LogP contribution in [0.5, 0.6) is 17.2 Å². The van der Waals surface area contributed by atoms with Crippen molar-refractivity contribution in [3.63, 3.8) is 0 Å². The first-order chi connectivity index (χ1) is 15.2. The SMILES string of the molecule is COc1cc(C=Nn2c(-c3ccccc3)nc3ccccc3c2=O)cc(OC)c1OC. The molecule has 0 radical (unpaired) electrons. The van der Waals surface area contributed by atoms with E-state index in [0.29, 0.717) is 39.5 Å². The highest BCUT2D eigenvalue weighted by Gasteiger charge is 2.14. The fraction of sp³-hybridized carbons (Fsp3) is 0.125.